The third-order valence-corrected chi connectivity index (χ3v) is 6.51. The number of hydrogen-bond donors (Lipinski definition) is 1. The summed E-state index contributed by atoms with van der Waals surface area (Å²) < 4.78 is 5.22. The number of nitrogens with zero attached hydrogens (tertiary/aromatic N) is 3. The summed E-state index contributed by atoms with van der Waals surface area (Å²) >= 11 is 3.21. The van der Waals surface area contributed by atoms with E-state index >= 15 is 0 Å². The van der Waals surface area contributed by atoms with Crippen LogP contribution in [-0.2, 0) is 5.75 Å². The normalized spacial score (nSPS) is 12.3. The lowest BCUT2D eigenvalue weighted by molar-refractivity contribution is 0.0938. The SMILES string of the molecule is Cc1noc(C)c1CSc1ncccc1C(=O)NCC(c1cccs1)N(C)C. The molecule has 1 amide bonds. The minimum absolute atomic E-state index is 0.113. The molecule has 0 fully saturated rings. The van der Waals surface area contributed by atoms with Gasteiger partial charge in [0, 0.05) is 28.9 Å². The smallest absolute Gasteiger partial charge is 0.254 e. The van der Waals surface area contributed by atoms with Crippen molar-refractivity contribution in [3.63, 3.8) is 0 Å². The molecule has 28 heavy (non-hydrogen) atoms. The van der Waals surface area contributed by atoms with Gasteiger partial charge in [0.1, 0.15) is 10.8 Å². The molecule has 0 spiro atoms. The van der Waals surface area contributed by atoms with Crippen LogP contribution in [0, 0.1) is 13.8 Å². The Hall–Kier alpha value is -2.16. The fourth-order valence-electron chi connectivity index (χ4n) is 2.83. The van der Waals surface area contributed by atoms with E-state index in [9.17, 15) is 4.79 Å². The van der Waals surface area contributed by atoms with E-state index in [0.29, 0.717) is 22.9 Å². The number of carbonyl (C=O) groups excluding carboxylic acids is 1. The lowest BCUT2D eigenvalue weighted by atomic mass is 10.2. The number of carbonyl (C=O) groups is 1. The van der Waals surface area contributed by atoms with Crippen LogP contribution in [0.3, 0.4) is 0 Å². The van der Waals surface area contributed by atoms with E-state index in [2.05, 4.69) is 31.8 Å². The van der Waals surface area contributed by atoms with Crippen molar-refractivity contribution in [2.24, 2.45) is 0 Å². The van der Waals surface area contributed by atoms with Gasteiger partial charge in [0.25, 0.3) is 5.91 Å². The molecule has 148 valence electrons. The van der Waals surface area contributed by atoms with Gasteiger partial charge in [-0.1, -0.05) is 11.2 Å². The van der Waals surface area contributed by atoms with E-state index in [1.54, 1.807) is 23.6 Å². The Morgan fingerprint density at radius 1 is 1.32 bits per heavy atom. The minimum Gasteiger partial charge on any atom is -0.361 e. The first-order valence-electron chi connectivity index (χ1n) is 8.95. The second-order valence-electron chi connectivity index (χ2n) is 6.65. The predicted octanol–water partition coefficient (Wildman–Crippen LogP) is 4.07. The summed E-state index contributed by atoms with van der Waals surface area (Å²) in [6.45, 7) is 4.35. The lowest BCUT2D eigenvalue weighted by Crippen LogP contribution is -2.34. The first-order valence-corrected chi connectivity index (χ1v) is 10.8. The Morgan fingerprint density at radius 2 is 2.14 bits per heavy atom. The number of rotatable bonds is 8. The molecule has 3 rings (SSSR count). The molecule has 0 saturated heterocycles. The maximum atomic E-state index is 12.8. The highest BCUT2D eigenvalue weighted by atomic mass is 32.2. The Bertz CT molecular complexity index is 903. The monoisotopic (exact) mass is 416 g/mol. The van der Waals surface area contributed by atoms with Gasteiger partial charge in [-0.3, -0.25) is 4.79 Å². The summed E-state index contributed by atoms with van der Waals surface area (Å²) in [6, 6.07) is 7.86. The van der Waals surface area contributed by atoms with Crippen LogP contribution >= 0.6 is 23.1 Å². The topological polar surface area (TPSA) is 71.3 Å². The van der Waals surface area contributed by atoms with E-state index in [1.807, 2.05) is 40.1 Å². The molecule has 0 aromatic carbocycles. The van der Waals surface area contributed by atoms with E-state index in [1.165, 1.54) is 16.6 Å². The highest BCUT2D eigenvalue weighted by Crippen LogP contribution is 2.27. The molecule has 1 N–H and O–H groups in total. The van der Waals surface area contributed by atoms with Crippen molar-refractivity contribution in [2.75, 3.05) is 20.6 Å². The van der Waals surface area contributed by atoms with Gasteiger partial charge in [-0.25, -0.2) is 4.98 Å². The molecule has 3 aromatic rings. The summed E-state index contributed by atoms with van der Waals surface area (Å²) in [6.07, 6.45) is 1.71. The molecule has 1 unspecified atom stereocenters. The minimum atomic E-state index is -0.113. The van der Waals surface area contributed by atoms with E-state index in [4.69, 9.17) is 4.52 Å². The Kier molecular flexibility index (Phi) is 6.88. The van der Waals surface area contributed by atoms with Crippen LogP contribution in [0.15, 0.2) is 45.4 Å². The fraction of sp³-hybridized carbons (Fsp3) is 0.350. The van der Waals surface area contributed by atoms with Crippen LogP contribution in [0.5, 0.6) is 0 Å². The average molecular weight is 417 g/mol. The number of thiophene rings is 1. The molecule has 0 bridgehead atoms. The lowest BCUT2D eigenvalue weighted by Gasteiger charge is -2.23. The molecule has 6 nitrogen and oxygen atoms in total. The van der Waals surface area contributed by atoms with Gasteiger partial charge in [0.15, 0.2) is 0 Å². The van der Waals surface area contributed by atoms with Crippen LogP contribution in [0.2, 0.25) is 0 Å². The van der Waals surface area contributed by atoms with Gasteiger partial charge in [-0.15, -0.1) is 23.1 Å². The largest absolute Gasteiger partial charge is 0.361 e. The van der Waals surface area contributed by atoms with E-state index in [0.717, 1.165) is 17.0 Å². The Morgan fingerprint density at radius 3 is 2.79 bits per heavy atom. The highest BCUT2D eigenvalue weighted by molar-refractivity contribution is 7.98. The first kappa shape index (κ1) is 20.6. The number of pyridine rings is 1. The number of thioether (sulfide) groups is 1. The van der Waals surface area contributed by atoms with Crippen LogP contribution in [0.4, 0.5) is 0 Å². The van der Waals surface area contributed by atoms with Gasteiger partial charge in [-0.2, -0.15) is 0 Å². The van der Waals surface area contributed by atoms with Crippen LogP contribution in [-0.4, -0.2) is 41.6 Å². The molecule has 3 aromatic heterocycles. The number of amides is 1. The zero-order valence-electron chi connectivity index (χ0n) is 16.4. The molecule has 0 radical (unpaired) electrons. The summed E-state index contributed by atoms with van der Waals surface area (Å²) in [4.78, 5) is 20.6. The fourth-order valence-corrected chi connectivity index (χ4v) is 4.90. The van der Waals surface area contributed by atoms with Crippen LogP contribution < -0.4 is 5.32 Å². The molecule has 0 aliphatic carbocycles. The zero-order valence-corrected chi connectivity index (χ0v) is 18.1. The highest BCUT2D eigenvalue weighted by Gasteiger charge is 2.19. The number of likely N-dealkylation sites (N-methyl/N-ethyl adjacent to an activating group) is 1. The van der Waals surface area contributed by atoms with E-state index < -0.39 is 0 Å². The van der Waals surface area contributed by atoms with Crippen molar-refractivity contribution in [3.8, 4) is 0 Å². The van der Waals surface area contributed by atoms with Crippen molar-refractivity contribution < 1.29 is 9.32 Å². The number of nitrogens with one attached hydrogen (secondary N) is 1. The second-order valence-corrected chi connectivity index (χ2v) is 8.60. The molecule has 0 aliphatic rings. The van der Waals surface area contributed by atoms with Crippen molar-refractivity contribution in [3.05, 3.63) is 63.3 Å². The van der Waals surface area contributed by atoms with Gasteiger partial charge in [0.2, 0.25) is 0 Å². The molecular formula is C20H24N4O2S2. The van der Waals surface area contributed by atoms with Crippen LogP contribution in [0.1, 0.15) is 38.3 Å². The third-order valence-electron chi connectivity index (χ3n) is 4.50. The Labute approximate surface area is 173 Å². The first-order chi connectivity index (χ1) is 13.5. The summed E-state index contributed by atoms with van der Waals surface area (Å²) in [5.74, 6) is 1.35. The number of aryl methyl sites for hydroxylation is 2. The van der Waals surface area contributed by atoms with Crippen molar-refractivity contribution in [1.82, 2.24) is 20.4 Å². The number of aromatic nitrogens is 2. The predicted molar refractivity (Wildman–Crippen MR) is 113 cm³/mol. The van der Waals surface area contributed by atoms with E-state index in [-0.39, 0.29) is 11.9 Å². The average Bonchev–Trinajstić information content (AvgIpc) is 3.31. The summed E-state index contributed by atoms with van der Waals surface area (Å²) in [5.41, 5.74) is 2.51. The third kappa shape index (κ3) is 4.81. The molecular weight excluding hydrogens is 392 g/mol. The van der Waals surface area contributed by atoms with Crippen LogP contribution in [0.25, 0.3) is 0 Å². The molecule has 8 heteroatoms. The molecule has 1 atom stereocenters. The maximum Gasteiger partial charge on any atom is 0.254 e. The summed E-state index contributed by atoms with van der Waals surface area (Å²) in [5, 5.41) is 9.81. The standard InChI is InChI=1S/C20H24N4O2S2/c1-13-16(14(2)26-23-13)12-28-20-15(7-5-9-21-20)19(25)22-11-17(24(3)4)18-8-6-10-27-18/h5-10,17H,11-12H2,1-4H3,(H,22,25). The Balaban J connectivity index is 1.68. The van der Waals surface area contributed by atoms with Gasteiger partial charge in [-0.05, 0) is 51.5 Å². The molecule has 0 saturated carbocycles. The zero-order chi connectivity index (χ0) is 20.1. The summed E-state index contributed by atoms with van der Waals surface area (Å²) in [7, 11) is 4.04. The quantitative estimate of drug-likeness (QED) is 0.558. The van der Waals surface area contributed by atoms with Gasteiger partial charge >= 0.3 is 0 Å². The molecule has 0 aliphatic heterocycles. The number of hydrogen-bond acceptors (Lipinski definition) is 7. The molecule has 3 heterocycles. The van der Waals surface area contributed by atoms with Gasteiger partial charge < -0.3 is 14.7 Å². The van der Waals surface area contributed by atoms with Gasteiger partial charge in [0.05, 0.1) is 17.3 Å². The van der Waals surface area contributed by atoms with Crippen molar-refractivity contribution >= 4 is 29.0 Å². The maximum absolute atomic E-state index is 12.8. The second kappa shape index (κ2) is 9.36. The van der Waals surface area contributed by atoms with Crippen molar-refractivity contribution in [2.45, 2.75) is 30.7 Å². The van der Waals surface area contributed by atoms with Crippen molar-refractivity contribution in [1.29, 1.82) is 0 Å².